The molecule has 0 atom stereocenters. The molecule has 1 aromatic carbocycles. The topological polar surface area (TPSA) is 80.9 Å². The van der Waals surface area contributed by atoms with E-state index in [4.69, 9.17) is 13.9 Å². The van der Waals surface area contributed by atoms with Crippen molar-refractivity contribution in [2.24, 2.45) is 4.99 Å². The number of methoxy groups -OCH3 is 2. The summed E-state index contributed by atoms with van der Waals surface area (Å²) in [5, 5.41) is 6.43. The molecule has 2 aromatic rings. The van der Waals surface area contributed by atoms with E-state index in [1.54, 1.807) is 14.2 Å². The minimum atomic E-state index is 0. The number of hydrogen-bond donors (Lipinski definition) is 2. The molecule has 0 aliphatic heterocycles. The van der Waals surface area contributed by atoms with E-state index in [1.165, 1.54) is 0 Å². The van der Waals surface area contributed by atoms with Crippen LogP contribution < -0.4 is 20.1 Å². The molecule has 2 N–H and O–H groups in total. The number of aromatic nitrogens is 1. The molecule has 0 unspecified atom stereocenters. The number of rotatable bonds is 7. The number of halogens is 1. The first-order valence-corrected chi connectivity index (χ1v) is 8.23. The fraction of sp³-hybridized carbons (Fsp3) is 0.444. The first-order valence-electron chi connectivity index (χ1n) is 8.23. The van der Waals surface area contributed by atoms with Gasteiger partial charge in [0.2, 0.25) is 5.89 Å². The van der Waals surface area contributed by atoms with Crippen molar-refractivity contribution in [3.63, 3.8) is 0 Å². The minimum Gasteiger partial charge on any atom is -0.493 e. The third-order valence-electron chi connectivity index (χ3n) is 3.69. The van der Waals surface area contributed by atoms with E-state index in [9.17, 15) is 0 Å². The van der Waals surface area contributed by atoms with Gasteiger partial charge in [0.05, 0.1) is 33.0 Å². The molecule has 8 heteroatoms. The van der Waals surface area contributed by atoms with Crippen molar-refractivity contribution in [1.29, 1.82) is 0 Å². The number of guanidine groups is 1. The number of nitrogens with one attached hydrogen (secondary N) is 2. The monoisotopic (exact) mass is 474 g/mol. The van der Waals surface area contributed by atoms with Crippen molar-refractivity contribution in [1.82, 2.24) is 15.6 Å². The molecule has 0 spiro atoms. The minimum absolute atomic E-state index is 0. The fourth-order valence-electron chi connectivity index (χ4n) is 2.27. The van der Waals surface area contributed by atoms with Gasteiger partial charge in [0.15, 0.2) is 17.5 Å². The van der Waals surface area contributed by atoms with Gasteiger partial charge >= 0.3 is 0 Å². The van der Waals surface area contributed by atoms with Crippen LogP contribution in [0.5, 0.6) is 11.5 Å². The zero-order chi connectivity index (χ0) is 18.2. The number of nitrogens with zero attached hydrogens (tertiary/aromatic N) is 2. The largest absolute Gasteiger partial charge is 0.493 e. The molecule has 0 aliphatic rings. The van der Waals surface area contributed by atoms with Gasteiger partial charge in [-0.25, -0.2) is 9.98 Å². The molecule has 0 amide bonds. The SMILES string of the molecule is CCNC(=NCc1ccc(OC)c(OC)c1)NCc1nc(C)c(C)o1.I. The van der Waals surface area contributed by atoms with Gasteiger partial charge in [-0.05, 0) is 38.5 Å². The molecular weight excluding hydrogens is 447 g/mol. The highest BCUT2D eigenvalue weighted by Crippen LogP contribution is 2.27. The molecule has 0 fully saturated rings. The lowest BCUT2D eigenvalue weighted by Gasteiger charge is -2.11. The lowest BCUT2D eigenvalue weighted by molar-refractivity contribution is 0.354. The van der Waals surface area contributed by atoms with Crippen molar-refractivity contribution in [3.8, 4) is 11.5 Å². The smallest absolute Gasteiger partial charge is 0.214 e. The summed E-state index contributed by atoms with van der Waals surface area (Å²) < 4.78 is 16.2. The molecule has 2 rings (SSSR count). The second-order valence-corrected chi connectivity index (χ2v) is 5.49. The quantitative estimate of drug-likeness (QED) is 0.365. The summed E-state index contributed by atoms with van der Waals surface area (Å²) in [7, 11) is 3.24. The van der Waals surface area contributed by atoms with Crippen LogP contribution in [0.15, 0.2) is 27.6 Å². The first-order chi connectivity index (χ1) is 12.1. The van der Waals surface area contributed by atoms with Crippen molar-refractivity contribution in [2.45, 2.75) is 33.9 Å². The van der Waals surface area contributed by atoms with Gasteiger partial charge < -0.3 is 24.5 Å². The summed E-state index contributed by atoms with van der Waals surface area (Å²) in [6.45, 7) is 7.61. The van der Waals surface area contributed by atoms with Crippen LogP contribution in [0, 0.1) is 13.8 Å². The van der Waals surface area contributed by atoms with Crippen molar-refractivity contribution in [2.75, 3.05) is 20.8 Å². The van der Waals surface area contributed by atoms with Crippen LogP contribution in [0.3, 0.4) is 0 Å². The highest BCUT2D eigenvalue weighted by molar-refractivity contribution is 14.0. The Balaban J connectivity index is 0.00000338. The van der Waals surface area contributed by atoms with Crippen LogP contribution in [0.1, 0.15) is 29.8 Å². The summed E-state index contributed by atoms with van der Waals surface area (Å²) >= 11 is 0. The van der Waals surface area contributed by atoms with Crippen LogP contribution >= 0.6 is 24.0 Å². The summed E-state index contributed by atoms with van der Waals surface area (Å²) in [5.74, 6) is 3.58. The van der Waals surface area contributed by atoms with E-state index in [0.717, 1.165) is 23.6 Å². The maximum atomic E-state index is 5.57. The predicted octanol–water partition coefficient (Wildman–Crippen LogP) is 3.18. The molecule has 0 saturated carbocycles. The first kappa shape index (κ1) is 22.1. The fourth-order valence-corrected chi connectivity index (χ4v) is 2.27. The van der Waals surface area contributed by atoms with E-state index in [2.05, 4.69) is 20.6 Å². The maximum absolute atomic E-state index is 5.57. The molecule has 0 saturated heterocycles. The lowest BCUT2D eigenvalue weighted by Crippen LogP contribution is -2.36. The Morgan fingerprint density at radius 2 is 1.88 bits per heavy atom. The Kier molecular flexibility index (Phi) is 9.25. The number of oxazole rings is 1. The lowest BCUT2D eigenvalue weighted by atomic mass is 10.2. The van der Waals surface area contributed by atoms with Gasteiger partial charge in [-0.1, -0.05) is 6.07 Å². The van der Waals surface area contributed by atoms with Gasteiger partial charge in [-0.15, -0.1) is 24.0 Å². The molecule has 7 nitrogen and oxygen atoms in total. The highest BCUT2D eigenvalue weighted by Gasteiger charge is 2.07. The van der Waals surface area contributed by atoms with Gasteiger partial charge in [0.25, 0.3) is 0 Å². The number of aryl methyl sites for hydroxylation is 2. The predicted molar refractivity (Wildman–Crippen MR) is 113 cm³/mol. The summed E-state index contributed by atoms with van der Waals surface area (Å²) in [6, 6.07) is 5.77. The van der Waals surface area contributed by atoms with Gasteiger partial charge in [0, 0.05) is 6.54 Å². The van der Waals surface area contributed by atoms with Crippen molar-refractivity contribution < 1.29 is 13.9 Å². The second kappa shape index (κ2) is 10.9. The van der Waals surface area contributed by atoms with E-state index in [1.807, 2.05) is 39.0 Å². The number of ether oxygens (including phenoxy) is 2. The Morgan fingerprint density at radius 3 is 2.46 bits per heavy atom. The van der Waals surface area contributed by atoms with Gasteiger partial charge in [-0.2, -0.15) is 0 Å². The molecule has 0 radical (unpaired) electrons. The molecule has 26 heavy (non-hydrogen) atoms. The van der Waals surface area contributed by atoms with Gasteiger partial charge in [0.1, 0.15) is 5.76 Å². The zero-order valence-electron chi connectivity index (χ0n) is 15.9. The molecule has 1 aromatic heterocycles. The van der Waals surface area contributed by atoms with E-state index < -0.39 is 0 Å². The average Bonchev–Trinajstić information content (AvgIpc) is 2.95. The zero-order valence-corrected chi connectivity index (χ0v) is 18.2. The third-order valence-corrected chi connectivity index (χ3v) is 3.69. The van der Waals surface area contributed by atoms with Gasteiger partial charge in [-0.3, -0.25) is 0 Å². The normalized spacial score (nSPS) is 10.9. The van der Waals surface area contributed by atoms with E-state index in [-0.39, 0.29) is 24.0 Å². The number of benzene rings is 1. The Labute approximate surface area is 171 Å². The summed E-state index contributed by atoms with van der Waals surface area (Å²) in [5.41, 5.74) is 1.93. The Morgan fingerprint density at radius 1 is 1.15 bits per heavy atom. The number of hydrogen-bond acceptors (Lipinski definition) is 5. The molecule has 0 aliphatic carbocycles. The average molecular weight is 474 g/mol. The third kappa shape index (κ3) is 6.08. The number of aliphatic imine (C=N–C) groups is 1. The van der Waals surface area contributed by atoms with E-state index >= 15 is 0 Å². The highest BCUT2D eigenvalue weighted by atomic mass is 127. The molecule has 1 heterocycles. The molecular formula is C18H27IN4O3. The van der Waals surface area contributed by atoms with Crippen LogP contribution in [-0.4, -0.2) is 31.7 Å². The molecule has 144 valence electrons. The van der Waals surface area contributed by atoms with Crippen molar-refractivity contribution in [3.05, 3.63) is 41.1 Å². The van der Waals surface area contributed by atoms with Crippen LogP contribution in [0.4, 0.5) is 0 Å². The summed E-state index contributed by atoms with van der Waals surface area (Å²) in [6.07, 6.45) is 0. The van der Waals surface area contributed by atoms with Crippen LogP contribution in [0.2, 0.25) is 0 Å². The van der Waals surface area contributed by atoms with Crippen LogP contribution in [0.25, 0.3) is 0 Å². The Bertz CT molecular complexity index is 712. The summed E-state index contributed by atoms with van der Waals surface area (Å²) in [4.78, 5) is 8.95. The van der Waals surface area contributed by atoms with Crippen molar-refractivity contribution >= 4 is 29.9 Å². The maximum Gasteiger partial charge on any atom is 0.214 e. The second-order valence-electron chi connectivity index (χ2n) is 5.49. The van der Waals surface area contributed by atoms with Crippen LogP contribution in [-0.2, 0) is 13.1 Å². The molecule has 0 bridgehead atoms. The van der Waals surface area contributed by atoms with E-state index in [0.29, 0.717) is 36.4 Å². The Hall–Kier alpha value is -1.97. The standard InChI is InChI=1S/C18H26N4O3.HI/c1-6-19-18(21-11-17-22-12(2)13(3)25-17)20-10-14-7-8-15(23-4)16(9-14)24-5;/h7-9H,6,10-11H2,1-5H3,(H2,19,20,21);1H.